The van der Waals surface area contributed by atoms with E-state index in [0.717, 1.165) is 27.7 Å². The second-order valence-corrected chi connectivity index (χ2v) is 7.29. The topological polar surface area (TPSA) is 74.4 Å². The average molecular weight is 391 g/mol. The predicted molar refractivity (Wildman–Crippen MR) is 112 cm³/mol. The molecule has 1 aromatic heterocycles. The van der Waals surface area contributed by atoms with Crippen LogP contribution >= 0.6 is 0 Å². The number of nitrogens with zero attached hydrogens (tertiary/aromatic N) is 1. The van der Waals surface area contributed by atoms with Crippen LogP contribution in [-0.2, 0) is 9.53 Å². The number of carbonyl (C=O) groups is 2. The Hall–Kier alpha value is -3.12. The van der Waals surface area contributed by atoms with Gasteiger partial charge in [-0.15, -0.1) is 0 Å². The molecule has 150 valence electrons. The molecule has 0 spiro atoms. The van der Waals surface area contributed by atoms with Crippen LogP contribution in [0, 0.1) is 6.92 Å². The Balaban J connectivity index is 1.68. The highest BCUT2D eigenvalue weighted by atomic mass is 16.5. The van der Waals surface area contributed by atoms with E-state index in [1.54, 1.807) is 7.11 Å². The summed E-state index contributed by atoms with van der Waals surface area (Å²) in [6.45, 7) is 3.33. The number of carbonyl (C=O) groups excluding carboxylic acids is 2. The highest BCUT2D eigenvalue weighted by Crippen LogP contribution is 2.42. The summed E-state index contributed by atoms with van der Waals surface area (Å²) in [5.41, 5.74) is 4.88. The average Bonchev–Trinajstić information content (AvgIpc) is 3.20. The summed E-state index contributed by atoms with van der Waals surface area (Å²) < 4.78 is 4.97. The van der Waals surface area contributed by atoms with Gasteiger partial charge in [0.15, 0.2) is 0 Å². The number of H-pyrrole nitrogens is 1. The molecule has 3 aromatic rings. The number of aromatic nitrogens is 1. The smallest absolute Gasteiger partial charge is 0.255 e. The third kappa shape index (κ3) is 3.51. The number of ether oxygens (including phenoxy) is 1. The molecule has 1 aliphatic rings. The van der Waals surface area contributed by atoms with E-state index < -0.39 is 0 Å². The number of amides is 2. The van der Waals surface area contributed by atoms with Gasteiger partial charge in [-0.2, -0.15) is 0 Å². The van der Waals surface area contributed by atoms with Crippen molar-refractivity contribution in [1.29, 1.82) is 0 Å². The molecule has 2 amide bonds. The van der Waals surface area contributed by atoms with Crippen LogP contribution in [-0.4, -0.2) is 48.5 Å². The number of aromatic amines is 1. The molecule has 1 aliphatic heterocycles. The zero-order valence-electron chi connectivity index (χ0n) is 16.7. The Bertz CT molecular complexity index is 1060. The third-order valence-corrected chi connectivity index (χ3v) is 5.48. The normalized spacial score (nSPS) is 15.7. The summed E-state index contributed by atoms with van der Waals surface area (Å²) in [6.07, 6.45) is 0.251. The van der Waals surface area contributed by atoms with E-state index in [4.69, 9.17) is 4.74 Å². The fraction of sp³-hybridized carbons (Fsp3) is 0.304. The molecule has 0 aliphatic carbocycles. The lowest BCUT2D eigenvalue weighted by Gasteiger charge is -2.26. The van der Waals surface area contributed by atoms with Crippen molar-refractivity contribution in [2.45, 2.75) is 19.4 Å². The quantitative estimate of drug-likeness (QED) is 0.608. The lowest BCUT2D eigenvalue weighted by Crippen LogP contribution is -2.34. The summed E-state index contributed by atoms with van der Waals surface area (Å²) in [6, 6.07) is 15.7. The van der Waals surface area contributed by atoms with Gasteiger partial charge in [-0.05, 0) is 24.6 Å². The van der Waals surface area contributed by atoms with E-state index in [1.165, 1.54) is 0 Å². The van der Waals surface area contributed by atoms with Crippen LogP contribution in [0.25, 0.3) is 10.9 Å². The van der Waals surface area contributed by atoms with Crippen molar-refractivity contribution in [2.75, 3.05) is 26.8 Å². The molecule has 6 nitrogen and oxygen atoms in total. The fourth-order valence-electron chi connectivity index (χ4n) is 4.17. The number of para-hydroxylation sites is 1. The number of aryl methyl sites for hydroxylation is 1. The number of rotatable bonds is 7. The molecule has 6 heteroatoms. The number of methoxy groups -OCH3 is 1. The van der Waals surface area contributed by atoms with Crippen molar-refractivity contribution in [3.05, 3.63) is 70.9 Å². The number of benzene rings is 2. The van der Waals surface area contributed by atoms with Crippen molar-refractivity contribution in [1.82, 2.24) is 15.2 Å². The van der Waals surface area contributed by atoms with Gasteiger partial charge < -0.3 is 19.9 Å². The number of fused-ring (bicyclic) bond motifs is 2. The van der Waals surface area contributed by atoms with Crippen LogP contribution in [0.2, 0.25) is 0 Å². The molecule has 29 heavy (non-hydrogen) atoms. The molecule has 0 bridgehead atoms. The summed E-state index contributed by atoms with van der Waals surface area (Å²) in [7, 11) is 1.60. The molecular weight excluding hydrogens is 366 g/mol. The van der Waals surface area contributed by atoms with Gasteiger partial charge in [-0.1, -0.05) is 36.4 Å². The van der Waals surface area contributed by atoms with Gasteiger partial charge in [0.2, 0.25) is 5.91 Å². The maximum atomic E-state index is 13.2. The first-order chi connectivity index (χ1) is 14.1. The maximum absolute atomic E-state index is 13.2. The Morgan fingerprint density at radius 2 is 1.93 bits per heavy atom. The Morgan fingerprint density at radius 1 is 1.17 bits per heavy atom. The lowest BCUT2D eigenvalue weighted by atomic mass is 9.95. The van der Waals surface area contributed by atoms with Crippen LogP contribution < -0.4 is 5.32 Å². The number of hydrogen-bond donors (Lipinski definition) is 2. The molecular formula is C23H25N3O3. The Morgan fingerprint density at radius 3 is 2.76 bits per heavy atom. The summed E-state index contributed by atoms with van der Waals surface area (Å²) in [5.74, 6) is -0.111. The first-order valence-corrected chi connectivity index (χ1v) is 9.84. The van der Waals surface area contributed by atoms with Gasteiger partial charge in [0, 0.05) is 54.3 Å². The van der Waals surface area contributed by atoms with Crippen molar-refractivity contribution in [3.63, 3.8) is 0 Å². The van der Waals surface area contributed by atoms with Gasteiger partial charge in [0.25, 0.3) is 5.91 Å². The standard InChI is InChI=1S/C23H25N3O3/c1-15-21(18-9-5-6-10-19(18)25-15)22-16-7-3-4-8-17(16)23(28)26(22)13-11-20(27)24-12-14-29-2/h3-10,22,25H,11-14H2,1-2H3,(H,24,27)/t22-/m0/s1. The van der Waals surface area contributed by atoms with Gasteiger partial charge in [-0.3, -0.25) is 9.59 Å². The highest BCUT2D eigenvalue weighted by molar-refractivity contribution is 6.01. The molecule has 2 aromatic carbocycles. The minimum atomic E-state index is -0.207. The SMILES string of the molecule is COCCNC(=O)CCN1C(=O)c2ccccc2[C@H]1c1c(C)[nH]c2ccccc12. The van der Waals surface area contributed by atoms with Crippen LogP contribution in [0.15, 0.2) is 48.5 Å². The largest absolute Gasteiger partial charge is 0.383 e. The second kappa shape index (κ2) is 8.09. The van der Waals surface area contributed by atoms with E-state index in [1.807, 2.05) is 54.3 Å². The van der Waals surface area contributed by atoms with Crippen LogP contribution in [0.4, 0.5) is 0 Å². The van der Waals surface area contributed by atoms with E-state index >= 15 is 0 Å². The highest BCUT2D eigenvalue weighted by Gasteiger charge is 2.39. The molecule has 4 rings (SSSR count). The molecule has 0 saturated heterocycles. The van der Waals surface area contributed by atoms with Gasteiger partial charge in [-0.25, -0.2) is 0 Å². The Kier molecular flexibility index (Phi) is 5.36. The van der Waals surface area contributed by atoms with Crippen molar-refractivity contribution < 1.29 is 14.3 Å². The van der Waals surface area contributed by atoms with Gasteiger partial charge in [0.1, 0.15) is 0 Å². The van der Waals surface area contributed by atoms with Gasteiger partial charge >= 0.3 is 0 Å². The van der Waals surface area contributed by atoms with Crippen LogP contribution in [0.5, 0.6) is 0 Å². The van der Waals surface area contributed by atoms with E-state index in [2.05, 4.69) is 16.4 Å². The monoisotopic (exact) mass is 391 g/mol. The summed E-state index contributed by atoms with van der Waals surface area (Å²) >= 11 is 0. The van der Waals surface area contributed by atoms with E-state index in [0.29, 0.717) is 25.3 Å². The van der Waals surface area contributed by atoms with Crippen molar-refractivity contribution >= 4 is 22.7 Å². The molecule has 0 unspecified atom stereocenters. The number of nitrogens with one attached hydrogen (secondary N) is 2. The third-order valence-electron chi connectivity index (χ3n) is 5.48. The fourth-order valence-corrected chi connectivity index (χ4v) is 4.17. The van der Waals surface area contributed by atoms with Crippen LogP contribution in [0.1, 0.15) is 39.6 Å². The lowest BCUT2D eigenvalue weighted by molar-refractivity contribution is -0.121. The zero-order valence-corrected chi connectivity index (χ0v) is 16.7. The summed E-state index contributed by atoms with van der Waals surface area (Å²) in [4.78, 5) is 30.7. The van der Waals surface area contributed by atoms with Crippen molar-refractivity contribution in [3.8, 4) is 0 Å². The molecule has 1 atom stereocenters. The van der Waals surface area contributed by atoms with Gasteiger partial charge in [0.05, 0.1) is 12.6 Å². The zero-order chi connectivity index (χ0) is 20.4. The molecule has 2 heterocycles. The first kappa shape index (κ1) is 19.2. The Labute approximate surface area is 169 Å². The van der Waals surface area contributed by atoms with Crippen LogP contribution in [0.3, 0.4) is 0 Å². The number of hydrogen-bond acceptors (Lipinski definition) is 3. The maximum Gasteiger partial charge on any atom is 0.255 e. The second-order valence-electron chi connectivity index (χ2n) is 7.29. The summed E-state index contributed by atoms with van der Waals surface area (Å²) in [5, 5.41) is 3.93. The molecule has 0 saturated carbocycles. The van der Waals surface area contributed by atoms with Crippen molar-refractivity contribution in [2.24, 2.45) is 0 Å². The molecule has 0 radical (unpaired) electrons. The molecule has 2 N–H and O–H groups in total. The van der Waals surface area contributed by atoms with E-state index in [-0.39, 0.29) is 24.3 Å². The first-order valence-electron chi connectivity index (χ1n) is 9.84. The molecule has 0 fully saturated rings. The predicted octanol–water partition coefficient (Wildman–Crippen LogP) is 3.17. The minimum Gasteiger partial charge on any atom is -0.383 e. The minimum absolute atomic E-state index is 0.0278. The van der Waals surface area contributed by atoms with E-state index in [9.17, 15) is 9.59 Å².